The third kappa shape index (κ3) is 2.22. The third-order valence-corrected chi connectivity index (χ3v) is 2.82. The van der Waals surface area contributed by atoms with Gasteiger partial charge in [-0.3, -0.25) is 0 Å². The minimum atomic E-state index is 0.521. The van der Waals surface area contributed by atoms with Crippen molar-refractivity contribution in [1.82, 2.24) is 0 Å². The van der Waals surface area contributed by atoms with Crippen LogP contribution < -0.4 is 4.74 Å². The van der Waals surface area contributed by atoms with Crippen LogP contribution in [-0.4, -0.2) is 13.7 Å². The summed E-state index contributed by atoms with van der Waals surface area (Å²) in [4.78, 5) is 2.78. The van der Waals surface area contributed by atoms with E-state index in [1.54, 1.807) is 7.11 Å². The summed E-state index contributed by atoms with van der Waals surface area (Å²) in [6, 6.07) is 8.09. The lowest BCUT2D eigenvalue weighted by Gasteiger charge is -2.02. The zero-order chi connectivity index (χ0) is 10.7. The fourth-order valence-corrected chi connectivity index (χ4v) is 1.87. The van der Waals surface area contributed by atoms with Gasteiger partial charge in [0, 0.05) is 11.5 Å². The molecule has 0 N–H and O–H groups in total. The average Bonchev–Trinajstić information content (AvgIpc) is 3.06. The van der Waals surface area contributed by atoms with Gasteiger partial charge in [0.2, 0.25) is 0 Å². The normalized spacial score (nSPS) is 23.0. The molecule has 2 rings (SSSR count). The van der Waals surface area contributed by atoms with Crippen molar-refractivity contribution in [1.29, 1.82) is 0 Å². The lowest BCUT2D eigenvalue weighted by Crippen LogP contribution is -1.88. The van der Waals surface area contributed by atoms with E-state index in [9.17, 15) is 0 Å². The first-order valence-corrected chi connectivity index (χ1v) is 5.00. The van der Waals surface area contributed by atoms with E-state index in [1.165, 1.54) is 5.56 Å². The summed E-state index contributed by atoms with van der Waals surface area (Å²) in [5.41, 5.74) is 9.50. The molecule has 1 aromatic carbocycles. The van der Waals surface area contributed by atoms with Crippen LogP contribution in [0.25, 0.3) is 10.4 Å². The predicted octanol–water partition coefficient (Wildman–Crippen LogP) is 3.11. The Morgan fingerprint density at radius 1 is 1.60 bits per heavy atom. The zero-order valence-corrected chi connectivity index (χ0v) is 8.63. The van der Waals surface area contributed by atoms with E-state index in [2.05, 4.69) is 22.2 Å². The highest BCUT2D eigenvalue weighted by molar-refractivity contribution is 5.34. The minimum Gasteiger partial charge on any atom is -0.497 e. The molecule has 0 saturated heterocycles. The van der Waals surface area contributed by atoms with Crippen molar-refractivity contribution in [3.05, 3.63) is 40.3 Å². The quantitative estimate of drug-likeness (QED) is 0.421. The van der Waals surface area contributed by atoms with Gasteiger partial charge >= 0.3 is 0 Å². The average molecular weight is 203 g/mol. The van der Waals surface area contributed by atoms with Crippen LogP contribution >= 0.6 is 0 Å². The molecule has 1 aromatic rings. The number of hydrogen-bond donors (Lipinski definition) is 0. The lowest BCUT2D eigenvalue weighted by molar-refractivity contribution is 0.414. The van der Waals surface area contributed by atoms with Gasteiger partial charge in [-0.05, 0) is 41.5 Å². The molecule has 0 aliphatic heterocycles. The Bertz CT molecular complexity index is 399. The van der Waals surface area contributed by atoms with Crippen LogP contribution in [0.5, 0.6) is 5.75 Å². The molecule has 0 spiro atoms. The van der Waals surface area contributed by atoms with Crippen molar-refractivity contribution in [2.75, 3.05) is 13.7 Å². The van der Waals surface area contributed by atoms with Gasteiger partial charge in [-0.25, -0.2) is 0 Å². The molecule has 1 aliphatic rings. The summed E-state index contributed by atoms with van der Waals surface area (Å²) in [5, 5.41) is 3.60. The Balaban J connectivity index is 2.02. The second-order valence-corrected chi connectivity index (χ2v) is 3.79. The van der Waals surface area contributed by atoms with Gasteiger partial charge in [0.25, 0.3) is 0 Å². The smallest absolute Gasteiger partial charge is 0.119 e. The molecule has 4 nitrogen and oxygen atoms in total. The van der Waals surface area contributed by atoms with Gasteiger partial charge in [0.1, 0.15) is 5.75 Å². The Labute approximate surface area is 88.5 Å². The summed E-state index contributed by atoms with van der Waals surface area (Å²) in [5.74, 6) is 1.96. The summed E-state index contributed by atoms with van der Waals surface area (Å²) < 4.78 is 5.17. The summed E-state index contributed by atoms with van der Waals surface area (Å²) in [6.45, 7) is 0.610. The molecule has 0 bridgehead atoms. The van der Waals surface area contributed by atoms with Gasteiger partial charge in [-0.2, -0.15) is 0 Å². The van der Waals surface area contributed by atoms with Gasteiger partial charge < -0.3 is 4.74 Å². The fourth-order valence-electron chi connectivity index (χ4n) is 1.87. The molecule has 0 aromatic heterocycles. The van der Waals surface area contributed by atoms with Gasteiger partial charge in [0.05, 0.1) is 7.11 Å². The van der Waals surface area contributed by atoms with Crippen molar-refractivity contribution in [2.45, 2.75) is 12.3 Å². The van der Waals surface area contributed by atoms with E-state index in [-0.39, 0.29) is 0 Å². The Hall–Kier alpha value is -1.67. The molecular formula is C11H13N3O. The topological polar surface area (TPSA) is 58.0 Å². The Morgan fingerprint density at radius 3 is 3.20 bits per heavy atom. The molecule has 15 heavy (non-hydrogen) atoms. The van der Waals surface area contributed by atoms with E-state index >= 15 is 0 Å². The highest BCUT2D eigenvalue weighted by Crippen LogP contribution is 2.48. The first kappa shape index (κ1) is 9.87. The van der Waals surface area contributed by atoms with Crippen molar-refractivity contribution in [3.63, 3.8) is 0 Å². The number of azide groups is 1. The molecule has 1 fully saturated rings. The number of nitrogens with zero attached hydrogens (tertiary/aromatic N) is 3. The SMILES string of the molecule is COc1cccc([C@@H]2C[C@H]2CN=[N+]=[N-])c1. The van der Waals surface area contributed by atoms with Crippen molar-refractivity contribution in [3.8, 4) is 5.75 Å². The minimum absolute atomic E-state index is 0.521. The Kier molecular flexibility index (Phi) is 2.79. The van der Waals surface area contributed by atoms with E-state index in [0.29, 0.717) is 18.4 Å². The van der Waals surface area contributed by atoms with Crippen LogP contribution in [0, 0.1) is 5.92 Å². The van der Waals surface area contributed by atoms with E-state index < -0.39 is 0 Å². The molecule has 0 heterocycles. The zero-order valence-electron chi connectivity index (χ0n) is 8.63. The number of benzene rings is 1. The van der Waals surface area contributed by atoms with Crippen LogP contribution in [-0.2, 0) is 0 Å². The molecule has 0 radical (unpaired) electrons. The molecule has 2 atom stereocenters. The first-order valence-electron chi connectivity index (χ1n) is 5.00. The maximum absolute atomic E-state index is 8.22. The van der Waals surface area contributed by atoms with Gasteiger partial charge in [-0.1, -0.05) is 17.2 Å². The molecule has 1 saturated carbocycles. The predicted molar refractivity (Wildman–Crippen MR) is 57.9 cm³/mol. The highest BCUT2D eigenvalue weighted by atomic mass is 16.5. The number of rotatable bonds is 4. The second-order valence-electron chi connectivity index (χ2n) is 3.79. The van der Waals surface area contributed by atoms with Crippen LogP contribution in [0.15, 0.2) is 29.4 Å². The van der Waals surface area contributed by atoms with Gasteiger partial charge in [-0.15, -0.1) is 0 Å². The highest BCUT2D eigenvalue weighted by Gasteiger charge is 2.37. The van der Waals surface area contributed by atoms with Crippen molar-refractivity contribution in [2.24, 2.45) is 11.0 Å². The van der Waals surface area contributed by atoms with E-state index in [1.807, 2.05) is 12.1 Å². The largest absolute Gasteiger partial charge is 0.497 e. The standard InChI is InChI=1S/C11H13N3O/c1-15-10-4-2-3-8(5-10)11-6-9(11)7-13-14-12/h2-5,9,11H,6-7H2,1H3/t9-,11-/m0/s1. The summed E-state index contributed by atoms with van der Waals surface area (Å²) >= 11 is 0. The molecule has 78 valence electrons. The second kappa shape index (κ2) is 4.24. The van der Waals surface area contributed by atoms with Crippen LogP contribution in [0.4, 0.5) is 0 Å². The number of ether oxygens (including phenoxy) is 1. The fraction of sp³-hybridized carbons (Fsp3) is 0.455. The first-order chi connectivity index (χ1) is 7.35. The Morgan fingerprint density at radius 2 is 2.47 bits per heavy atom. The van der Waals surface area contributed by atoms with Crippen molar-refractivity contribution < 1.29 is 4.74 Å². The summed E-state index contributed by atoms with van der Waals surface area (Å²) in [7, 11) is 1.67. The van der Waals surface area contributed by atoms with E-state index in [4.69, 9.17) is 10.3 Å². The molecule has 4 heteroatoms. The lowest BCUT2D eigenvalue weighted by atomic mass is 10.1. The number of hydrogen-bond acceptors (Lipinski definition) is 2. The van der Waals surface area contributed by atoms with Gasteiger partial charge in [0.15, 0.2) is 0 Å². The summed E-state index contributed by atoms with van der Waals surface area (Å²) in [6.07, 6.45) is 1.12. The van der Waals surface area contributed by atoms with Crippen LogP contribution in [0.3, 0.4) is 0 Å². The molecule has 1 aliphatic carbocycles. The monoisotopic (exact) mass is 203 g/mol. The van der Waals surface area contributed by atoms with Crippen LogP contribution in [0.1, 0.15) is 17.9 Å². The third-order valence-electron chi connectivity index (χ3n) is 2.82. The van der Waals surface area contributed by atoms with Crippen molar-refractivity contribution >= 4 is 0 Å². The molecule has 0 amide bonds. The maximum Gasteiger partial charge on any atom is 0.119 e. The van der Waals surface area contributed by atoms with Crippen LogP contribution in [0.2, 0.25) is 0 Å². The van der Waals surface area contributed by atoms with E-state index in [0.717, 1.165) is 12.2 Å². The number of methoxy groups -OCH3 is 1. The maximum atomic E-state index is 8.22. The molecular weight excluding hydrogens is 190 g/mol. The molecule has 0 unspecified atom stereocenters.